The Morgan fingerprint density at radius 1 is 1.28 bits per heavy atom. The molecule has 0 amide bonds. The highest BCUT2D eigenvalue weighted by molar-refractivity contribution is 5.18. The number of hydrogen-bond donors (Lipinski definition) is 2. The second-order valence-corrected chi connectivity index (χ2v) is 5.17. The molecule has 1 heterocycles. The Hall–Kier alpha value is -0.900. The summed E-state index contributed by atoms with van der Waals surface area (Å²) in [6.45, 7) is 3.20. The molecule has 0 spiro atoms. The largest absolute Gasteiger partial charge is 0.395 e. The van der Waals surface area contributed by atoms with Gasteiger partial charge >= 0.3 is 0 Å². The van der Waals surface area contributed by atoms with Crippen molar-refractivity contribution in [2.24, 2.45) is 0 Å². The van der Waals surface area contributed by atoms with Crippen molar-refractivity contribution >= 4 is 0 Å². The molecule has 1 aromatic rings. The van der Waals surface area contributed by atoms with Gasteiger partial charge in [0.05, 0.1) is 12.7 Å². The van der Waals surface area contributed by atoms with Gasteiger partial charge in [0.2, 0.25) is 0 Å². The van der Waals surface area contributed by atoms with E-state index < -0.39 is 6.10 Å². The Labute approximate surface area is 109 Å². The van der Waals surface area contributed by atoms with Crippen LogP contribution in [-0.2, 0) is 0 Å². The Morgan fingerprint density at radius 2 is 2.00 bits per heavy atom. The molecule has 2 rings (SSSR count). The molecule has 0 bridgehead atoms. The van der Waals surface area contributed by atoms with Gasteiger partial charge in [0.1, 0.15) is 0 Å². The number of likely N-dealkylation sites (tertiary alicyclic amines) is 1. The fourth-order valence-corrected chi connectivity index (χ4v) is 2.87. The molecule has 1 unspecified atom stereocenters. The Kier molecular flexibility index (Phi) is 4.75. The van der Waals surface area contributed by atoms with Crippen molar-refractivity contribution in [3.05, 3.63) is 35.9 Å². The van der Waals surface area contributed by atoms with Gasteiger partial charge < -0.3 is 10.2 Å². The zero-order valence-electron chi connectivity index (χ0n) is 11.0. The van der Waals surface area contributed by atoms with E-state index in [1.54, 1.807) is 0 Å². The summed E-state index contributed by atoms with van der Waals surface area (Å²) in [7, 11) is 0. The van der Waals surface area contributed by atoms with E-state index in [0.29, 0.717) is 0 Å². The molecule has 1 fully saturated rings. The van der Waals surface area contributed by atoms with Gasteiger partial charge in [0.15, 0.2) is 0 Å². The van der Waals surface area contributed by atoms with E-state index in [0.717, 1.165) is 24.9 Å². The number of nitrogens with zero attached hydrogens (tertiary/aromatic N) is 1. The highest BCUT2D eigenvalue weighted by atomic mass is 16.3. The van der Waals surface area contributed by atoms with Gasteiger partial charge in [-0.2, -0.15) is 0 Å². The first kappa shape index (κ1) is 13.5. The average Bonchev–Trinajstić information content (AvgIpc) is 2.46. The lowest BCUT2D eigenvalue weighted by Crippen LogP contribution is -2.49. The molecule has 3 nitrogen and oxygen atoms in total. The van der Waals surface area contributed by atoms with E-state index in [2.05, 4.69) is 4.90 Å². The van der Waals surface area contributed by atoms with Gasteiger partial charge in [0, 0.05) is 12.1 Å². The molecule has 18 heavy (non-hydrogen) atoms. The van der Waals surface area contributed by atoms with Crippen LogP contribution in [0.3, 0.4) is 0 Å². The minimum atomic E-state index is -0.488. The molecule has 100 valence electrons. The summed E-state index contributed by atoms with van der Waals surface area (Å²) < 4.78 is 0. The van der Waals surface area contributed by atoms with Crippen LogP contribution >= 0.6 is 0 Å². The van der Waals surface area contributed by atoms with E-state index in [4.69, 9.17) is 0 Å². The third-order valence-electron chi connectivity index (χ3n) is 4.00. The lowest BCUT2D eigenvalue weighted by molar-refractivity contribution is -0.00273. The summed E-state index contributed by atoms with van der Waals surface area (Å²) in [6.07, 6.45) is 2.87. The van der Waals surface area contributed by atoms with Gasteiger partial charge in [-0.05, 0) is 31.9 Å². The van der Waals surface area contributed by atoms with Crippen LogP contribution < -0.4 is 0 Å². The smallest absolute Gasteiger partial charge is 0.0942 e. The average molecular weight is 249 g/mol. The number of benzene rings is 1. The van der Waals surface area contributed by atoms with E-state index in [-0.39, 0.29) is 18.7 Å². The van der Waals surface area contributed by atoms with Crippen LogP contribution in [0.25, 0.3) is 0 Å². The fourth-order valence-electron chi connectivity index (χ4n) is 2.87. The third-order valence-corrected chi connectivity index (χ3v) is 4.00. The Bertz CT molecular complexity index is 355. The van der Waals surface area contributed by atoms with Gasteiger partial charge in [-0.25, -0.2) is 0 Å². The van der Waals surface area contributed by atoms with Gasteiger partial charge in [-0.3, -0.25) is 4.90 Å². The summed E-state index contributed by atoms with van der Waals surface area (Å²) in [4.78, 5) is 2.25. The lowest BCUT2D eigenvalue weighted by Gasteiger charge is -2.40. The number of aliphatic hydroxyl groups is 2. The van der Waals surface area contributed by atoms with Crippen molar-refractivity contribution in [2.75, 3.05) is 13.2 Å². The third kappa shape index (κ3) is 2.91. The molecule has 3 atom stereocenters. The van der Waals surface area contributed by atoms with Crippen molar-refractivity contribution in [3.8, 4) is 0 Å². The normalized spacial score (nSPS) is 24.7. The number of hydrogen-bond acceptors (Lipinski definition) is 3. The molecule has 0 saturated carbocycles. The first-order valence-corrected chi connectivity index (χ1v) is 6.83. The predicted molar refractivity (Wildman–Crippen MR) is 72.3 cm³/mol. The minimum absolute atomic E-state index is 0.0462. The summed E-state index contributed by atoms with van der Waals surface area (Å²) in [5.41, 5.74) is 0.951. The Morgan fingerprint density at radius 3 is 2.67 bits per heavy atom. The second kappa shape index (κ2) is 6.32. The maximum Gasteiger partial charge on any atom is 0.0942 e. The fraction of sp³-hybridized carbons (Fsp3) is 0.600. The standard InChI is InChI=1S/C15H23NO2/c1-12(15(18)13-7-3-2-4-8-13)16-10-6-5-9-14(16)11-17/h2-4,7-8,12,14-15,17-18H,5-6,9-11H2,1H3/t12-,14?,15+/m0/s1. The predicted octanol–water partition coefficient (Wildman–Crippen LogP) is 1.96. The van der Waals surface area contributed by atoms with Crippen LogP contribution in [0.2, 0.25) is 0 Å². The van der Waals surface area contributed by atoms with E-state index in [9.17, 15) is 10.2 Å². The number of aliphatic hydroxyl groups excluding tert-OH is 2. The summed E-state index contributed by atoms with van der Waals surface area (Å²) in [5, 5.41) is 19.9. The van der Waals surface area contributed by atoms with Crippen molar-refractivity contribution in [3.63, 3.8) is 0 Å². The number of rotatable bonds is 4. The molecule has 1 aromatic carbocycles. The monoisotopic (exact) mass is 249 g/mol. The Balaban J connectivity index is 2.07. The van der Waals surface area contributed by atoms with Crippen LogP contribution in [0.4, 0.5) is 0 Å². The molecule has 0 radical (unpaired) electrons. The van der Waals surface area contributed by atoms with Gasteiger partial charge in [0.25, 0.3) is 0 Å². The van der Waals surface area contributed by atoms with Crippen molar-refractivity contribution < 1.29 is 10.2 Å². The van der Waals surface area contributed by atoms with Crippen molar-refractivity contribution in [2.45, 2.75) is 44.4 Å². The van der Waals surface area contributed by atoms with Gasteiger partial charge in [-0.1, -0.05) is 36.8 Å². The molecule has 2 N–H and O–H groups in total. The first-order valence-electron chi connectivity index (χ1n) is 6.83. The van der Waals surface area contributed by atoms with E-state index in [1.807, 2.05) is 37.3 Å². The summed E-state index contributed by atoms with van der Waals surface area (Å²) >= 11 is 0. The highest BCUT2D eigenvalue weighted by Gasteiger charge is 2.30. The van der Waals surface area contributed by atoms with Gasteiger partial charge in [-0.15, -0.1) is 0 Å². The molecular weight excluding hydrogens is 226 g/mol. The lowest BCUT2D eigenvalue weighted by atomic mass is 9.96. The zero-order chi connectivity index (χ0) is 13.0. The highest BCUT2D eigenvalue weighted by Crippen LogP contribution is 2.26. The van der Waals surface area contributed by atoms with Crippen molar-refractivity contribution in [1.82, 2.24) is 4.90 Å². The molecule has 1 aliphatic heterocycles. The maximum atomic E-state index is 10.4. The molecule has 0 aromatic heterocycles. The molecular formula is C15H23NO2. The minimum Gasteiger partial charge on any atom is -0.395 e. The van der Waals surface area contributed by atoms with Crippen LogP contribution in [0, 0.1) is 0 Å². The van der Waals surface area contributed by atoms with Crippen LogP contribution in [-0.4, -0.2) is 40.3 Å². The van der Waals surface area contributed by atoms with Crippen LogP contribution in [0.5, 0.6) is 0 Å². The SMILES string of the molecule is C[C@@H]([C@@H](O)c1ccccc1)N1CCCCC1CO. The van der Waals surface area contributed by atoms with E-state index in [1.165, 1.54) is 6.42 Å². The first-order chi connectivity index (χ1) is 8.74. The molecule has 1 saturated heterocycles. The summed E-state index contributed by atoms with van der Waals surface area (Å²) in [5.74, 6) is 0. The molecule has 3 heteroatoms. The quantitative estimate of drug-likeness (QED) is 0.857. The van der Waals surface area contributed by atoms with Crippen LogP contribution in [0.15, 0.2) is 30.3 Å². The topological polar surface area (TPSA) is 43.7 Å². The number of piperidine rings is 1. The molecule has 0 aliphatic carbocycles. The van der Waals surface area contributed by atoms with E-state index >= 15 is 0 Å². The maximum absolute atomic E-state index is 10.4. The summed E-state index contributed by atoms with van der Waals surface area (Å²) in [6, 6.07) is 10.0. The van der Waals surface area contributed by atoms with Crippen LogP contribution in [0.1, 0.15) is 37.9 Å². The molecule has 1 aliphatic rings. The zero-order valence-corrected chi connectivity index (χ0v) is 11.0. The van der Waals surface area contributed by atoms with Crippen molar-refractivity contribution in [1.29, 1.82) is 0 Å². The second-order valence-electron chi connectivity index (χ2n) is 5.17.